The second-order valence-electron chi connectivity index (χ2n) is 20.0. The molecular formula is C39H65N3O2+2. The van der Waals surface area contributed by atoms with Gasteiger partial charge in [0.25, 0.3) is 0 Å². The molecule has 3 aliphatic heterocycles. The van der Waals surface area contributed by atoms with Crippen LogP contribution in [-0.2, 0) is 4.74 Å². The first-order valence-corrected chi connectivity index (χ1v) is 19.9. The third kappa shape index (κ3) is 3.51. The molecule has 0 radical (unpaired) electrons. The second kappa shape index (κ2) is 9.48. The van der Waals surface area contributed by atoms with Crippen LogP contribution in [0.1, 0.15) is 117 Å². The summed E-state index contributed by atoms with van der Waals surface area (Å²) in [5.74, 6) is 11.5. The number of piperidine rings is 1. The van der Waals surface area contributed by atoms with Crippen LogP contribution in [0, 0.1) is 88.3 Å². The van der Waals surface area contributed by atoms with E-state index in [4.69, 9.17) is 16.2 Å². The number of fused-ring (bicyclic) bond motifs is 1. The van der Waals surface area contributed by atoms with Crippen LogP contribution in [0.2, 0.25) is 0 Å². The fourth-order valence-electron chi connectivity index (χ4n) is 18.0. The maximum absolute atomic E-state index is 10.8. The zero-order valence-electron chi connectivity index (χ0n) is 28.1. The summed E-state index contributed by atoms with van der Waals surface area (Å²) in [6, 6.07) is 0. The number of aliphatic hydroxyl groups is 1. The lowest BCUT2D eigenvalue weighted by atomic mass is 9.29. The third-order valence-corrected chi connectivity index (χ3v) is 18.3. The first-order valence-electron chi connectivity index (χ1n) is 19.9. The van der Waals surface area contributed by atoms with Gasteiger partial charge in [-0.3, -0.25) is 5.73 Å². The van der Waals surface area contributed by atoms with Gasteiger partial charge in [0.1, 0.15) is 11.7 Å². The minimum absolute atomic E-state index is 0.0153. The van der Waals surface area contributed by atoms with Crippen molar-refractivity contribution in [1.29, 1.82) is 0 Å². The van der Waals surface area contributed by atoms with Crippen LogP contribution in [0.5, 0.6) is 0 Å². The summed E-state index contributed by atoms with van der Waals surface area (Å²) in [7, 11) is 0. The number of quaternary nitrogens is 2. The third-order valence-electron chi connectivity index (χ3n) is 18.3. The van der Waals surface area contributed by atoms with E-state index in [1.54, 1.807) is 6.42 Å². The molecular weight excluding hydrogens is 542 g/mol. The van der Waals surface area contributed by atoms with Crippen LogP contribution in [0.25, 0.3) is 0 Å². The molecule has 11 aliphatic rings. The first-order chi connectivity index (χ1) is 21.2. The summed E-state index contributed by atoms with van der Waals surface area (Å²) >= 11 is 0. The van der Waals surface area contributed by atoms with Crippen molar-refractivity contribution in [3.8, 4) is 0 Å². The number of hydrogen-bond acceptors (Lipinski definition) is 3. The topological polar surface area (TPSA) is 99.7 Å². The Hall–Kier alpha value is -0.200. The zero-order chi connectivity index (χ0) is 29.8. The fourth-order valence-corrected chi connectivity index (χ4v) is 18.0. The standard InChI is InChI=1S/C39H63N3O2/c1-36(2)35-26-12-10-23(19-43)38(35,41)20-39(44-36)28-17-37(14-3-4-15-37)16-27-30(22-9-13-29(40)42-18-22)24-7-5-6-21-8-11-25(34(26)39)33(31(21)24)32(27)28/h21-35,42-43H,3-20,40-41H2,1-2H3/p+2. The Balaban J connectivity index is 1.17. The molecule has 8 N–H and O–H groups in total. The van der Waals surface area contributed by atoms with E-state index in [1.807, 2.05) is 0 Å². The Kier molecular flexibility index (Phi) is 6.20. The number of hydrogen-bond donors (Lipinski definition) is 4. The summed E-state index contributed by atoms with van der Waals surface area (Å²) in [6.07, 6.45) is 23.0. The van der Waals surface area contributed by atoms with Gasteiger partial charge >= 0.3 is 0 Å². The van der Waals surface area contributed by atoms with Gasteiger partial charge in [-0.25, -0.2) is 0 Å². The van der Waals surface area contributed by atoms with E-state index in [0.29, 0.717) is 35.9 Å². The van der Waals surface area contributed by atoms with Crippen molar-refractivity contribution in [2.45, 2.75) is 139 Å². The SMILES string of the molecule is CC1(C)OC23CC4([NH3+])C(CO)CCC(C14)C2C1CCC2CCCC4C(C5CCC(N)[NH2+]C5)C5CC6(CCCC6)CC3C5C1C24. The molecule has 44 heavy (non-hydrogen) atoms. The van der Waals surface area contributed by atoms with Crippen LogP contribution < -0.4 is 16.8 Å². The van der Waals surface area contributed by atoms with Gasteiger partial charge in [-0.2, -0.15) is 0 Å². The van der Waals surface area contributed by atoms with Crippen LogP contribution in [0.15, 0.2) is 0 Å². The van der Waals surface area contributed by atoms with E-state index in [9.17, 15) is 5.11 Å². The molecule has 17 unspecified atom stereocenters. The molecule has 11 fully saturated rings. The molecule has 0 aromatic carbocycles. The van der Waals surface area contributed by atoms with Gasteiger partial charge < -0.3 is 20.9 Å². The van der Waals surface area contributed by atoms with E-state index in [-0.39, 0.29) is 16.7 Å². The second-order valence-corrected chi connectivity index (χ2v) is 20.0. The van der Waals surface area contributed by atoms with Gasteiger partial charge in [0.15, 0.2) is 0 Å². The average Bonchev–Trinajstić information content (AvgIpc) is 3.44. The van der Waals surface area contributed by atoms with Crippen molar-refractivity contribution < 1.29 is 20.9 Å². The molecule has 17 atom stereocenters. The highest BCUT2D eigenvalue weighted by molar-refractivity contribution is 5.28. The van der Waals surface area contributed by atoms with Crippen LogP contribution in [0.4, 0.5) is 0 Å². The Morgan fingerprint density at radius 3 is 2.36 bits per heavy atom. The quantitative estimate of drug-likeness (QED) is 0.376. The minimum atomic E-state index is -0.134. The van der Waals surface area contributed by atoms with Gasteiger partial charge in [0.05, 0.1) is 24.4 Å². The van der Waals surface area contributed by atoms with Crippen molar-refractivity contribution >= 4 is 0 Å². The molecule has 2 spiro atoms. The molecule has 5 heteroatoms. The molecule has 5 nitrogen and oxygen atoms in total. The molecule has 3 heterocycles. The Bertz CT molecular complexity index is 1160. The van der Waals surface area contributed by atoms with Crippen LogP contribution in [0.3, 0.4) is 0 Å². The zero-order valence-corrected chi connectivity index (χ0v) is 28.1. The van der Waals surface area contributed by atoms with Crippen LogP contribution >= 0.6 is 0 Å². The van der Waals surface area contributed by atoms with Gasteiger partial charge in [0, 0.05) is 30.6 Å². The number of ether oxygens (including phenoxy) is 1. The van der Waals surface area contributed by atoms with E-state index in [2.05, 4.69) is 19.2 Å². The summed E-state index contributed by atoms with van der Waals surface area (Å²) in [4.78, 5) is 0. The van der Waals surface area contributed by atoms with Crippen molar-refractivity contribution in [3.05, 3.63) is 0 Å². The van der Waals surface area contributed by atoms with Gasteiger partial charge in [0.2, 0.25) is 0 Å². The number of nitrogens with two attached hydrogens (primary N) is 2. The van der Waals surface area contributed by atoms with E-state index < -0.39 is 0 Å². The Morgan fingerprint density at radius 2 is 1.59 bits per heavy atom. The normalized spacial score (nSPS) is 60.9. The molecule has 246 valence electrons. The monoisotopic (exact) mass is 608 g/mol. The largest absolute Gasteiger partial charge is 0.396 e. The van der Waals surface area contributed by atoms with Gasteiger partial charge in [-0.15, -0.1) is 0 Å². The van der Waals surface area contributed by atoms with Crippen molar-refractivity contribution in [2.75, 3.05) is 13.2 Å². The lowest BCUT2D eigenvalue weighted by Gasteiger charge is -2.80. The highest BCUT2D eigenvalue weighted by Gasteiger charge is 2.81. The van der Waals surface area contributed by atoms with Gasteiger partial charge in [-0.1, -0.05) is 25.7 Å². The molecule has 0 amide bonds. The van der Waals surface area contributed by atoms with Crippen molar-refractivity contribution in [3.63, 3.8) is 0 Å². The molecule has 8 aliphatic carbocycles. The van der Waals surface area contributed by atoms with Crippen molar-refractivity contribution in [2.24, 2.45) is 94.0 Å². The summed E-state index contributed by atoms with van der Waals surface area (Å²) in [5.41, 5.74) is 12.1. The predicted octanol–water partition coefficient (Wildman–Crippen LogP) is 4.33. The van der Waals surface area contributed by atoms with E-state index in [1.165, 1.54) is 96.4 Å². The van der Waals surface area contributed by atoms with Crippen molar-refractivity contribution in [1.82, 2.24) is 0 Å². The van der Waals surface area contributed by atoms with Crippen LogP contribution in [-0.4, -0.2) is 41.2 Å². The highest BCUT2D eigenvalue weighted by Crippen LogP contribution is 2.79. The number of rotatable bonds is 2. The predicted molar refractivity (Wildman–Crippen MR) is 171 cm³/mol. The molecule has 4 bridgehead atoms. The van der Waals surface area contributed by atoms with E-state index in [0.717, 1.165) is 71.5 Å². The lowest BCUT2D eigenvalue weighted by molar-refractivity contribution is -0.704. The fraction of sp³-hybridized carbons (Fsp3) is 1.00. The molecule has 3 saturated heterocycles. The summed E-state index contributed by atoms with van der Waals surface area (Å²) in [6.45, 7) is 6.55. The maximum atomic E-state index is 10.8. The molecule has 8 saturated carbocycles. The number of aliphatic hydroxyl groups excluding tert-OH is 1. The average molecular weight is 608 g/mol. The Morgan fingerprint density at radius 1 is 0.795 bits per heavy atom. The highest BCUT2D eigenvalue weighted by atomic mass is 16.5. The molecule has 0 aromatic heterocycles. The maximum Gasteiger partial charge on any atom is 0.137 e. The molecule has 11 rings (SSSR count). The summed E-state index contributed by atoms with van der Waals surface area (Å²) in [5, 5.41) is 13.4. The lowest BCUT2D eigenvalue weighted by Crippen LogP contribution is -2.95. The van der Waals surface area contributed by atoms with E-state index >= 15 is 0 Å². The smallest absolute Gasteiger partial charge is 0.137 e. The molecule has 0 aromatic rings. The first kappa shape index (κ1) is 28.8. The summed E-state index contributed by atoms with van der Waals surface area (Å²) < 4.78 is 7.93. The minimum Gasteiger partial charge on any atom is -0.396 e. The van der Waals surface area contributed by atoms with Gasteiger partial charge in [-0.05, 0) is 149 Å². The Labute approximate surface area is 267 Å².